The average Bonchev–Trinajstić information content (AvgIpc) is 0.769. The predicted octanol–water partition coefficient (Wildman–Crippen LogP) is 20.0. The van der Waals surface area contributed by atoms with Crippen molar-refractivity contribution in [2.24, 2.45) is 0 Å². The molecule has 0 heterocycles. The summed E-state index contributed by atoms with van der Waals surface area (Å²) in [6.07, 6.45) is -20.0. The second-order valence-corrected chi connectivity index (χ2v) is 44.1. The average molecular weight is 2370 g/mol. The molecule has 3 aromatic carbocycles. The molecule has 0 atom stereocenters. The Morgan fingerprint density at radius 3 is 0.800 bits per heavy atom. The van der Waals surface area contributed by atoms with Gasteiger partial charge in [0.05, 0.1) is 15.9 Å². The molecule has 3 aromatic rings. The van der Waals surface area contributed by atoms with Crippen LogP contribution >= 0.6 is 11.6 Å². The number of rotatable bonds is 57. The molecular weight excluding hydrogens is 2260 g/mol. The van der Waals surface area contributed by atoms with Crippen LogP contribution in [0.5, 0.6) is 0 Å². The van der Waals surface area contributed by atoms with E-state index in [-0.39, 0.29) is 99.1 Å². The minimum absolute atomic E-state index is 0.0561. The molecule has 0 aliphatic heterocycles. The van der Waals surface area contributed by atoms with Gasteiger partial charge in [-0.05, 0) is 136 Å². The summed E-state index contributed by atoms with van der Waals surface area (Å²) < 4.78 is 557. The van der Waals surface area contributed by atoms with Crippen molar-refractivity contribution in [1.29, 1.82) is 0 Å². The van der Waals surface area contributed by atoms with E-state index in [1.165, 1.54) is 104 Å². The standard InChI is InChI=1S/C14H15F7O3Si.C13H15F7O3Si.C12H15F5GeO3.C10H15F7O4Si.C10H15F5O5Si.C9H18O5Si.C8H15ClF2O5Si/c1-4-22-25(23-5-2,24-6-3)13-11(18)8(15)7(9(16)12(13)19)10(17)14(20)21;1-4-21-24(22-5-2,23-6-3)12-10(16)8(14)7(13(18,19)20)9(15)11(12)17;1-4-19-18(20-5-2,21-6-3)12-10(16)8(14)7(13)9(15)11(12)17;1-4-18-22(19-5-2,20-6-3)10(16,17)9(14,15)21-8(13)7(11)12;1-4-17-21(18-5-2,19-6-3)20-9(16)10(14,15)7(11)8(12)13;1-5-9(10)14-15(11-6-2,12-7-3)13-8-4;1-4-13-17(14-5-2,15-6-3)16-7(12)8(9,10)11/h4-6H2,1-3H3;4-6H2,1-3H3;4-6H2,1-3H3;4-6H2,1-3H3;4-6H2,1-3H3;5H,1,6-8H2,2-4H3;4-6H2,1-3H3. The van der Waals surface area contributed by atoms with Crippen molar-refractivity contribution >= 4 is 118 Å². The molecule has 145 heavy (non-hydrogen) atoms. The summed E-state index contributed by atoms with van der Waals surface area (Å²) in [7, 11) is -25.9. The molecule has 0 amide bonds. The number of alkyl halides is 12. The monoisotopic (exact) mass is 2370 g/mol. The van der Waals surface area contributed by atoms with Crippen LogP contribution in [0.25, 0.3) is 5.83 Å². The molecule has 0 bridgehead atoms. The fraction of sp³-hybridized carbons (Fsp3) is 0.618. The molecule has 0 saturated carbocycles. The second-order valence-electron chi connectivity index (χ2n) is 24.6. The van der Waals surface area contributed by atoms with E-state index in [0.717, 1.165) is 6.08 Å². The van der Waals surface area contributed by atoms with Crippen LogP contribution in [0.1, 0.15) is 157 Å². The summed E-state index contributed by atoms with van der Waals surface area (Å²) in [6, 6.07) is -3.13. The summed E-state index contributed by atoms with van der Waals surface area (Å²) in [6.45, 7) is 32.4. The van der Waals surface area contributed by atoms with E-state index in [1.807, 2.05) is 0 Å². The maximum atomic E-state index is 14.4. The van der Waals surface area contributed by atoms with Crippen LogP contribution in [-0.4, -0.2) is 247 Å². The van der Waals surface area contributed by atoms with E-state index in [4.69, 9.17) is 82.1 Å². The number of ether oxygens (including phenoxy) is 1. The molecule has 0 N–H and O–H groups in total. The van der Waals surface area contributed by atoms with Gasteiger partial charge in [0, 0.05) is 125 Å². The third kappa shape index (κ3) is 41.4. The topological polar surface area (TPSA) is 282 Å². The quantitative estimate of drug-likeness (QED) is 0.00965. The molecule has 3 rings (SSSR count). The van der Waals surface area contributed by atoms with Crippen molar-refractivity contribution in [3.8, 4) is 0 Å². The van der Waals surface area contributed by atoms with Gasteiger partial charge in [0.25, 0.3) is 0 Å². The summed E-state index contributed by atoms with van der Waals surface area (Å²) >= 11 is -0.316. The van der Waals surface area contributed by atoms with E-state index in [0.29, 0.717) is 19.8 Å². The predicted molar refractivity (Wildman–Crippen MR) is 453 cm³/mol. The van der Waals surface area contributed by atoms with Gasteiger partial charge in [0.2, 0.25) is 11.7 Å². The van der Waals surface area contributed by atoms with Gasteiger partial charge in [0.1, 0.15) is 5.56 Å². The number of benzene rings is 3. The summed E-state index contributed by atoms with van der Waals surface area (Å²) in [5.41, 5.74) is -10.1. The van der Waals surface area contributed by atoms with Gasteiger partial charge in [-0.25, -0.2) is 53.9 Å². The van der Waals surface area contributed by atoms with Gasteiger partial charge < -0.3 is 97.7 Å². The van der Waals surface area contributed by atoms with Crippen LogP contribution < -0.4 is 14.8 Å². The first kappa shape index (κ1) is 145. The molecule has 846 valence electrons. The molecule has 69 heteroatoms. The van der Waals surface area contributed by atoms with E-state index >= 15 is 0 Å². The van der Waals surface area contributed by atoms with Gasteiger partial charge in [-0.3, -0.25) is 0 Å². The molecule has 0 saturated heterocycles. The van der Waals surface area contributed by atoms with Gasteiger partial charge in [-0.15, -0.1) is 0 Å². The van der Waals surface area contributed by atoms with Crippen molar-refractivity contribution < 1.29 is 268 Å². The zero-order chi connectivity index (χ0) is 114. The first-order valence-corrected chi connectivity index (χ1v) is 56.4. The molecule has 0 aliphatic rings. The Morgan fingerprint density at radius 1 is 0.317 bits per heavy atom. The zero-order valence-corrected chi connectivity index (χ0v) is 89.8. The molecule has 0 radical (unpaired) electrons. The Kier molecular flexibility index (Phi) is 68.7. The first-order valence-electron chi connectivity index (χ1n) is 42.3. The summed E-state index contributed by atoms with van der Waals surface area (Å²) in [4.78, 5) is 33.4. The van der Waals surface area contributed by atoms with Gasteiger partial charge in [-0.1, -0.05) is 6.58 Å². The van der Waals surface area contributed by atoms with Gasteiger partial charge in [-0.2, -0.15) is 83.4 Å². The Hall–Kier alpha value is -6.19. The second kappa shape index (κ2) is 68.7. The van der Waals surface area contributed by atoms with Crippen LogP contribution in [0.3, 0.4) is 0 Å². The van der Waals surface area contributed by atoms with E-state index in [9.17, 15) is 159 Å². The molecule has 28 nitrogen and oxygen atoms in total. The summed E-state index contributed by atoms with van der Waals surface area (Å²) in [5, 5.41) is -6.90. The van der Waals surface area contributed by atoms with E-state index in [2.05, 4.69) is 45.0 Å². The number of hydrogen-bond acceptors (Lipinski definition) is 28. The fourth-order valence-corrected chi connectivity index (χ4v) is 28.8. The summed E-state index contributed by atoms with van der Waals surface area (Å²) in [5.74, 6) is -45.0. The molecule has 0 spiro atoms. The van der Waals surface area contributed by atoms with Gasteiger partial charge >= 0.3 is 246 Å². The number of halogens is 34. The number of carbonyl (C=O) groups excluding carboxylic acids is 3. The van der Waals surface area contributed by atoms with Gasteiger partial charge in [0.15, 0.2) is 46.5 Å². The van der Waals surface area contributed by atoms with E-state index < -0.39 is 272 Å². The minimum atomic E-state index is -5.67. The van der Waals surface area contributed by atoms with Crippen molar-refractivity contribution in [1.82, 2.24) is 0 Å². The van der Waals surface area contributed by atoms with Crippen molar-refractivity contribution in [3.63, 3.8) is 0 Å². The normalized spacial score (nSPS) is 12.3. The third-order valence-electron chi connectivity index (χ3n) is 15.1. The van der Waals surface area contributed by atoms with Crippen molar-refractivity contribution in [3.05, 3.63) is 129 Å². The first-order chi connectivity index (χ1) is 67.2. The molecule has 0 aromatic heterocycles. The zero-order valence-electron chi connectivity index (χ0n) is 80.9. The fourth-order valence-electron chi connectivity index (χ4n) is 10.3. The molecule has 0 aliphatic carbocycles. The van der Waals surface area contributed by atoms with Crippen LogP contribution in [0.2, 0.25) is 0 Å². The van der Waals surface area contributed by atoms with Crippen LogP contribution in [0, 0.1) is 75.6 Å². The van der Waals surface area contributed by atoms with E-state index in [1.54, 1.807) is 41.5 Å². The number of carbonyl (C=O) groups is 3. The Morgan fingerprint density at radius 2 is 0.572 bits per heavy atom. The van der Waals surface area contributed by atoms with Crippen molar-refractivity contribution in [2.45, 2.75) is 175 Å². The Bertz CT molecular complexity index is 4300. The number of hydrogen-bond donors (Lipinski definition) is 0. The van der Waals surface area contributed by atoms with Crippen LogP contribution in [0.15, 0.2) is 42.7 Å². The van der Waals surface area contributed by atoms with Crippen molar-refractivity contribution in [2.75, 3.05) is 139 Å². The molecule has 0 unspecified atom stereocenters. The molecule has 0 fully saturated rings. The SMILES string of the molecule is C=CC(=O)O[Si](OCC)(OCC)OCC.CCO[Si](OCC)(OCC)C(F)(F)C(F)(F)OC(F)=C(F)F.CCO[Si](OCC)(OCC)OC(=O)C(F)(F)C(F)=C(F)F.CCO[Si](OCC)(OCC)OC(=O)C(F)(F)Cl.CCO[Si](OCC)(OCC)c1c(F)c(F)c(C(F)(F)F)c(F)c1F.CCO[Si](OCC)(OCC)c1c(F)c(F)c(C(F)=C(F)F)c(F)c1F.CC[O][Ge]([O]CC)([O]CC)[c]1c(F)c(F)c(F)c(F)c1F. The Balaban J connectivity index is -0.000000804. The van der Waals surface area contributed by atoms with Crippen LogP contribution in [-0.2, 0) is 130 Å². The Labute approximate surface area is 825 Å². The molecular formula is C76H108ClF33GeO28Si6. The van der Waals surface area contributed by atoms with Crippen LogP contribution in [0.4, 0.5) is 145 Å². The maximum absolute atomic E-state index is 14.4. The third-order valence-corrected chi connectivity index (χ3v) is 38.0.